The lowest BCUT2D eigenvalue weighted by Crippen LogP contribution is -2.45. The number of nitrogens with one attached hydrogen (secondary N) is 2. The van der Waals surface area contributed by atoms with Gasteiger partial charge in [0.05, 0.1) is 11.9 Å². The lowest BCUT2D eigenvalue weighted by molar-refractivity contribution is -0.119. The minimum Gasteiger partial charge on any atom is -0.381 e. The standard InChI is InChI=1S/C23H28N4O2S/c1-3-18-12-19-21(26-15-27-22(19)30-18)24-13-20(28)25-14-23(8-10-29-11-9-23)17-6-4-16(2)5-7-17/h4-7,12,15H,3,8-11,13-14H2,1-2H3,(H,25,28)(H,24,26,27). The van der Waals surface area contributed by atoms with E-state index in [1.165, 1.54) is 16.0 Å². The number of amides is 1. The first-order valence-electron chi connectivity index (χ1n) is 10.5. The van der Waals surface area contributed by atoms with E-state index in [1.807, 2.05) is 0 Å². The number of benzene rings is 1. The number of nitrogens with zero attached hydrogens (tertiary/aromatic N) is 2. The van der Waals surface area contributed by atoms with Gasteiger partial charge in [-0.15, -0.1) is 11.3 Å². The molecule has 0 radical (unpaired) electrons. The third-order valence-electron chi connectivity index (χ3n) is 5.88. The van der Waals surface area contributed by atoms with Gasteiger partial charge in [0.15, 0.2) is 0 Å². The third kappa shape index (κ3) is 4.47. The molecular formula is C23H28N4O2S. The first-order chi connectivity index (χ1) is 14.6. The number of hydrogen-bond acceptors (Lipinski definition) is 6. The van der Waals surface area contributed by atoms with Crippen LogP contribution in [0.2, 0.25) is 0 Å². The fraction of sp³-hybridized carbons (Fsp3) is 0.435. The summed E-state index contributed by atoms with van der Waals surface area (Å²) in [4.78, 5) is 23.5. The molecule has 0 aliphatic carbocycles. The monoisotopic (exact) mass is 424 g/mol. The van der Waals surface area contributed by atoms with Crippen molar-refractivity contribution in [3.8, 4) is 0 Å². The molecular weight excluding hydrogens is 396 g/mol. The lowest BCUT2D eigenvalue weighted by atomic mass is 9.74. The highest BCUT2D eigenvalue weighted by molar-refractivity contribution is 7.18. The third-order valence-corrected chi connectivity index (χ3v) is 7.07. The Balaban J connectivity index is 1.41. The molecule has 1 amide bonds. The zero-order valence-corrected chi connectivity index (χ0v) is 18.3. The summed E-state index contributed by atoms with van der Waals surface area (Å²) in [6.07, 6.45) is 4.33. The fourth-order valence-electron chi connectivity index (χ4n) is 3.95. The van der Waals surface area contributed by atoms with E-state index >= 15 is 0 Å². The molecule has 158 valence electrons. The second-order valence-electron chi connectivity index (χ2n) is 7.90. The Morgan fingerprint density at radius 3 is 2.70 bits per heavy atom. The van der Waals surface area contributed by atoms with Gasteiger partial charge in [0.2, 0.25) is 5.91 Å². The van der Waals surface area contributed by atoms with Crippen LogP contribution in [0, 0.1) is 6.92 Å². The highest BCUT2D eigenvalue weighted by Crippen LogP contribution is 2.34. The molecule has 4 rings (SSSR count). The van der Waals surface area contributed by atoms with Crippen LogP contribution >= 0.6 is 11.3 Å². The maximum Gasteiger partial charge on any atom is 0.239 e. The molecule has 6 nitrogen and oxygen atoms in total. The molecule has 2 aromatic heterocycles. The maximum absolute atomic E-state index is 12.6. The number of aryl methyl sites for hydroxylation is 2. The summed E-state index contributed by atoms with van der Waals surface area (Å²) in [5.41, 5.74) is 2.44. The predicted molar refractivity (Wildman–Crippen MR) is 121 cm³/mol. The van der Waals surface area contributed by atoms with Crippen molar-refractivity contribution >= 4 is 33.3 Å². The van der Waals surface area contributed by atoms with Gasteiger partial charge in [0.1, 0.15) is 17.0 Å². The summed E-state index contributed by atoms with van der Waals surface area (Å²) in [6, 6.07) is 10.8. The summed E-state index contributed by atoms with van der Waals surface area (Å²) in [6.45, 7) is 6.45. The Hall–Kier alpha value is -2.51. The van der Waals surface area contributed by atoms with E-state index < -0.39 is 0 Å². The lowest BCUT2D eigenvalue weighted by Gasteiger charge is -2.38. The van der Waals surface area contributed by atoms with E-state index in [2.05, 4.69) is 64.8 Å². The smallest absolute Gasteiger partial charge is 0.239 e. The van der Waals surface area contributed by atoms with Gasteiger partial charge in [-0.2, -0.15) is 0 Å². The minimum absolute atomic E-state index is 0.0364. The molecule has 0 bridgehead atoms. The molecule has 0 atom stereocenters. The quantitative estimate of drug-likeness (QED) is 0.603. The van der Waals surface area contributed by atoms with Crippen molar-refractivity contribution in [2.24, 2.45) is 0 Å². The topological polar surface area (TPSA) is 76.1 Å². The van der Waals surface area contributed by atoms with Crippen LogP contribution in [0.3, 0.4) is 0 Å². The largest absolute Gasteiger partial charge is 0.381 e. The summed E-state index contributed by atoms with van der Waals surface area (Å²) in [5, 5.41) is 7.31. The van der Waals surface area contributed by atoms with Gasteiger partial charge in [-0.25, -0.2) is 9.97 Å². The van der Waals surface area contributed by atoms with Crippen molar-refractivity contribution < 1.29 is 9.53 Å². The Kier molecular flexibility index (Phi) is 6.29. The second kappa shape index (κ2) is 9.10. The molecule has 1 fully saturated rings. The van der Waals surface area contributed by atoms with Crippen LogP contribution in [-0.4, -0.2) is 42.2 Å². The average Bonchev–Trinajstić information content (AvgIpc) is 3.21. The van der Waals surface area contributed by atoms with E-state index in [1.54, 1.807) is 17.7 Å². The molecule has 0 saturated carbocycles. The number of carbonyl (C=O) groups excluding carboxylic acids is 1. The zero-order chi connectivity index (χ0) is 21.0. The molecule has 1 aliphatic heterocycles. The first-order valence-corrected chi connectivity index (χ1v) is 11.3. The normalized spacial score (nSPS) is 15.8. The van der Waals surface area contributed by atoms with Gasteiger partial charge in [0, 0.05) is 30.1 Å². The highest BCUT2D eigenvalue weighted by atomic mass is 32.1. The van der Waals surface area contributed by atoms with Crippen LogP contribution in [0.5, 0.6) is 0 Å². The molecule has 1 aliphatic rings. The number of aromatic nitrogens is 2. The fourth-order valence-corrected chi connectivity index (χ4v) is 4.89. The zero-order valence-electron chi connectivity index (χ0n) is 17.5. The Bertz CT molecular complexity index is 1010. The van der Waals surface area contributed by atoms with Crippen molar-refractivity contribution in [3.63, 3.8) is 0 Å². The predicted octanol–water partition coefficient (Wildman–Crippen LogP) is 3.84. The van der Waals surface area contributed by atoms with E-state index in [0.29, 0.717) is 12.4 Å². The second-order valence-corrected chi connectivity index (χ2v) is 9.01. The Labute approximate surface area is 181 Å². The van der Waals surface area contributed by atoms with E-state index in [-0.39, 0.29) is 17.9 Å². The molecule has 7 heteroatoms. The van der Waals surface area contributed by atoms with E-state index in [9.17, 15) is 4.79 Å². The minimum atomic E-state index is -0.0762. The first kappa shape index (κ1) is 20.8. The van der Waals surface area contributed by atoms with Gasteiger partial charge < -0.3 is 15.4 Å². The molecule has 1 aromatic carbocycles. The van der Waals surface area contributed by atoms with Crippen LogP contribution in [0.4, 0.5) is 5.82 Å². The molecule has 2 N–H and O–H groups in total. The van der Waals surface area contributed by atoms with Gasteiger partial charge in [-0.3, -0.25) is 4.79 Å². The SMILES string of the molecule is CCc1cc2c(NCC(=O)NCC3(c4ccc(C)cc4)CCOCC3)ncnc2s1. The number of rotatable bonds is 7. The van der Waals surface area contributed by atoms with Crippen molar-refractivity contribution in [2.75, 3.05) is 31.6 Å². The number of thiophene rings is 1. The number of ether oxygens (including phenoxy) is 1. The van der Waals surface area contributed by atoms with Crippen LogP contribution < -0.4 is 10.6 Å². The van der Waals surface area contributed by atoms with Gasteiger partial charge in [-0.05, 0) is 37.8 Å². The molecule has 3 aromatic rings. The van der Waals surface area contributed by atoms with Crippen LogP contribution in [-0.2, 0) is 21.4 Å². The number of carbonyl (C=O) groups is 1. The molecule has 0 unspecified atom stereocenters. The molecule has 3 heterocycles. The van der Waals surface area contributed by atoms with Crippen LogP contribution in [0.15, 0.2) is 36.7 Å². The summed E-state index contributed by atoms with van der Waals surface area (Å²) < 4.78 is 5.60. The van der Waals surface area contributed by atoms with Gasteiger partial charge in [-0.1, -0.05) is 36.8 Å². The van der Waals surface area contributed by atoms with Crippen molar-refractivity contribution in [1.82, 2.24) is 15.3 Å². The summed E-state index contributed by atoms with van der Waals surface area (Å²) >= 11 is 1.67. The molecule has 1 saturated heterocycles. The van der Waals surface area contributed by atoms with Crippen molar-refractivity contribution in [3.05, 3.63) is 52.7 Å². The summed E-state index contributed by atoms with van der Waals surface area (Å²) in [7, 11) is 0. The van der Waals surface area contributed by atoms with Crippen molar-refractivity contribution in [2.45, 2.75) is 38.5 Å². The van der Waals surface area contributed by atoms with Gasteiger partial charge in [0.25, 0.3) is 0 Å². The van der Waals surface area contributed by atoms with E-state index in [0.717, 1.165) is 42.7 Å². The maximum atomic E-state index is 12.6. The van der Waals surface area contributed by atoms with E-state index in [4.69, 9.17) is 4.74 Å². The molecule has 0 spiro atoms. The number of anilines is 1. The van der Waals surface area contributed by atoms with Crippen LogP contribution in [0.1, 0.15) is 35.8 Å². The Morgan fingerprint density at radius 2 is 1.97 bits per heavy atom. The van der Waals surface area contributed by atoms with Crippen LogP contribution in [0.25, 0.3) is 10.2 Å². The van der Waals surface area contributed by atoms with Gasteiger partial charge >= 0.3 is 0 Å². The molecule has 30 heavy (non-hydrogen) atoms. The number of hydrogen-bond donors (Lipinski definition) is 2. The Morgan fingerprint density at radius 1 is 1.20 bits per heavy atom. The summed E-state index contributed by atoms with van der Waals surface area (Å²) in [5.74, 6) is 0.677. The van der Waals surface area contributed by atoms with Crippen molar-refractivity contribution in [1.29, 1.82) is 0 Å². The highest BCUT2D eigenvalue weighted by Gasteiger charge is 2.34. The average molecular weight is 425 g/mol. The number of fused-ring (bicyclic) bond motifs is 1.